The van der Waals surface area contributed by atoms with E-state index in [-0.39, 0.29) is 48.9 Å². The number of ether oxygens (including phenoxy) is 2. The summed E-state index contributed by atoms with van der Waals surface area (Å²) in [5.74, 6) is 0. The van der Waals surface area contributed by atoms with E-state index in [1.807, 2.05) is 108 Å². The Morgan fingerprint density at radius 3 is 1.31 bits per heavy atom. The maximum atomic E-state index is 13.2. The minimum atomic E-state index is -3.59. The molecule has 3 aromatic heterocycles. The van der Waals surface area contributed by atoms with Crippen LogP contribution < -0.4 is 50.9 Å². The summed E-state index contributed by atoms with van der Waals surface area (Å²) in [5.41, 5.74) is 8.38. The molecule has 8 aromatic rings. The Morgan fingerprint density at radius 2 is 0.840 bits per heavy atom. The van der Waals surface area contributed by atoms with Gasteiger partial charge in [0.25, 0.3) is 40.1 Å². The Kier molecular flexibility index (Phi) is 35.4. The van der Waals surface area contributed by atoms with E-state index in [1.165, 1.54) is 68.6 Å². The molecule has 22 nitrogen and oxygen atoms in total. The van der Waals surface area contributed by atoms with Crippen molar-refractivity contribution in [3.63, 3.8) is 0 Å². The molecular formula is C75H96BrClN8O14S7. The number of thiophene rings is 3. The fraction of sp³-hybridized carbons (Fsp3) is 0.413. The number of sulfonamides is 4. The number of hydrogen-bond acceptors (Lipinski definition) is 20. The van der Waals surface area contributed by atoms with E-state index in [0.717, 1.165) is 121 Å². The molecule has 31 heteroatoms. The van der Waals surface area contributed by atoms with Crippen LogP contribution in [-0.2, 0) is 68.7 Å². The zero-order valence-corrected chi connectivity index (χ0v) is 69.1. The van der Waals surface area contributed by atoms with Crippen molar-refractivity contribution >= 4 is 125 Å². The summed E-state index contributed by atoms with van der Waals surface area (Å²) in [6.07, 6.45) is 14.6. The van der Waals surface area contributed by atoms with Crippen LogP contribution in [0.25, 0.3) is 0 Å². The molecule has 4 atom stereocenters. The lowest BCUT2D eigenvalue weighted by atomic mass is 9.96. The van der Waals surface area contributed by atoms with Gasteiger partial charge < -0.3 is 43.1 Å². The van der Waals surface area contributed by atoms with Gasteiger partial charge in [0.1, 0.15) is 6.04 Å². The zero-order chi connectivity index (χ0) is 76.5. The highest BCUT2D eigenvalue weighted by Gasteiger charge is 2.41. The number of methoxy groups -OCH3 is 2. The zero-order valence-electron chi connectivity index (χ0n) is 61.1. The van der Waals surface area contributed by atoms with E-state index in [4.69, 9.17) is 28.7 Å². The van der Waals surface area contributed by atoms with Crippen molar-refractivity contribution in [1.29, 1.82) is 0 Å². The predicted octanol–water partition coefficient (Wildman–Crippen LogP) is 10.1. The van der Waals surface area contributed by atoms with E-state index in [2.05, 4.69) is 57.1 Å². The van der Waals surface area contributed by atoms with Crippen LogP contribution in [0.4, 0.5) is 22.7 Å². The highest BCUT2D eigenvalue weighted by Crippen LogP contribution is 2.48. The molecule has 576 valence electrons. The van der Waals surface area contributed by atoms with Crippen LogP contribution in [-0.4, -0.2) is 128 Å². The number of carbonyl (C=O) groups excluding carboxylic acids is 4. The van der Waals surface area contributed by atoms with Crippen molar-refractivity contribution in [2.75, 3.05) is 99.0 Å². The van der Waals surface area contributed by atoms with Crippen molar-refractivity contribution in [3.05, 3.63) is 196 Å². The smallest absolute Gasteiger partial charge is 0.373 e. The van der Waals surface area contributed by atoms with Gasteiger partial charge in [-0.3, -0.25) is 17.2 Å². The van der Waals surface area contributed by atoms with Gasteiger partial charge in [0, 0.05) is 72.1 Å². The van der Waals surface area contributed by atoms with Crippen LogP contribution in [0.5, 0.6) is 0 Å². The van der Waals surface area contributed by atoms with Crippen molar-refractivity contribution in [2.24, 2.45) is 0 Å². The van der Waals surface area contributed by atoms with Crippen molar-refractivity contribution < 1.29 is 80.0 Å². The average Bonchev–Trinajstić information content (AvgIpc) is 1.58. The van der Waals surface area contributed by atoms with Gasteiger partial charge in [0.15, 0.2) is 0 Å². The Labute approximate surface area is 652 Å². The molecular weight excluding hydrogens is 1580 g/mol. The first-order valence-electron chi connectivity index (χ1n) is 34.8. The molecule has 0 saturated heterocycles. The molecule has 0 radical (unpaired) electrons. The molecule has 4 aliphatic rings. The largest absolute Gasteiger partial charge is 1.00 e. The van der Waals surface area contributed by atoms with Gasteiger partial charge in [-0.1, -0.05) is 144 Å². The predicted molar refractivity (Wildman–Crippen MR) is 419 cm³/mol. The molecule has 0 fully saturated rings. The number of nitrogens with zero attached hydrogens (tertiary/aromatic N) is 4. The van der Waals surface area contributed by atoms with Crippen LogP contribution in [0, 0.1) is 6.92 Å². The third-order valence-electron chi connectivity index (χ3n) is 18.3. The number of nitrogens with two attached hydrogens (primary N) is 1. The number of benzene rings is 5. The summed E-state index contributed by atoms with van der Waals surface area (Å²) in [4.78, 5) is 37.2. The van der Waals surface area contributed by atoms with E-state index in [1.54, 1.807) is 113 Å². The Morgan fingerprint density at radius 1 is 0.453 bits per heavy atom. The van der Waals surface area contributed by atoms with Gasteiger partial charge in [0.2, 0.25) is 0 Å². The lowest BCUT2D eigenvalue weighted by Gasteiger charge is -2.20. The third kappa shape index (κ3) is 21.1. The molecule has 5 N–H and O–H groups in total. The van der Waals surface area contributed by atoms with E-state index < -0.39 is 40.1 Å². The number of aryl methyl sites for hydroxylation is 1. The fourth-order valence-corrected chi connectivity index (χ4v) is 23.1. The number of quaternary nitrogens is 1. The molecule has 0 bridgehead atoms. The summed E-state index contributed by atoms with van der Waals surface area (Å²) in [7, 11) is -4.31. The lowest BCUT2D eigenvalue weighted by Crippen LogP contribution is -3.00. The van der Waals surface area contributed by atoms with E-state index in [0.29, 0.717) is 38.5 Å². The van der Waals surface area contributed by atoms with Crippen molar-refractivity contribution in [2.45, 2.75) is 142 Å². The van der Waals surface area contributed by atoms with Gasteiger partial charge in [-0.05, 0) is 150 Å². The second kappa shape index (κ2) is 42.5. The second-order valence-electron chi connectivity index (χ2n) is 25.1. The molecule has 106 heavy (non-hydrogen) atoms. The number of halogens is 2. The molecule has 0 amide bonds. The number of fused-ring (bicyclic) bond motifs is 8. The van der Waals surface area contributed by atoms with Crippen LogP contribution >= 0.6 is 49.9 Å². The molecule has 0 spiro atoms. The highest BCUT2D eigenvalue weighted by molar-refractivity contribution is 9.10. The van der Waals surface area contributed by atoms with Crippen molar-refractivity contribution in [1.82, 2.24) is 16.0 Å². The normalized spacial score (nSPS) is 17.5. The number of unbranched alkanes of at least 4 members (excludes halogenated alkanes) is 8. The summed E-state index contributed by atoms with van der Waals surface area (Å²) < 4.78 is 121. The van der Waals surface area contributed by atoms with Gasteiger partial charge in [-0.15, -0.1) is 34.0 Å². The van der Waals surface area contributed by atoms with Gasteiger partial charge in [0.05, 0.1) is 86.1 Å². The molecule has 0 saturated carbocycles. The minimum absolute atomic E-state index is 0. The first-order chi connectivity index (χ1) is 50.4. The molecule has 12 rings (SSSR count). The number of hydrogen-bond donors (Lipinski definition) is 4. The summed E-state index contributed by atoms with van der Waals surface area (Å²) in [5, 5.41) is 18.8. The first kappa shape index (κ1) is 88.4. The minimum Gasteiger partial charge on any atom is -1.00 e. The standard InChI is InChI=1S/C21H28N2O2S.C20H28N2O2S2.C16H19BrN2O3S2.C16H20N2O3S2.2CO2.ClH/c1-4-5-6-9-14-22-21-17-10-7-8-11-19(17)23(3)26(24,25)20-15-16(2)12-13-18(20)21;1-3-4-5-6-7-10-14-21-19-16-11-8-9-12-18(16)26(23,24)22(2)17-13-15-25-20(17)19;1-19-15-12(17)10-23-16(15)14(18-8-5-9-22-2)11-6-3-4-7-13(11)24(19,20)21;1-18-13-8-11-22-16(13)15(17-9-5-10-21-2)12-6-3-4-7-14(12)23(18,19)20;2*2-1-3;/h7-8,10-13,15,21-22H,4-6,9,14H2,1-3H3;8-9,11-13,15,19,21H,3-7,10,14H2,1-2H3;3-4,6-7,10,14,18H,5,8-9H2,1-2H3;3-4,6-8,11,15,17H,5,9-10H2,1-2H3;;;1H. The Bertz CT molecular complexity index is 4670. The van der Waals surface area contributed by atoms with Gasteiger partial charge in [-0.25, -0.2) is 33.7 Å². The lowest BCUT2D eigenvalue weighted by molar-refractivity contribution is -0.687. The number of anilines is 4. The van der Waals surface area contributed by atoms with E-state index in [9.17, 15) is 33.7 Å². The van der Waals surface area contributed by atoms with Crippen LogP contribution in [0.3, 0.4) is 0 Å². The van der Waals surface area contributed by atoms with Gasteiger partial charge >= 0.3 is 12.3 Å². The number of rotatable bonds is 24. The quantitative estimate of drug-likeness (QED) is 0.0409. The fourth-order valence-electron chi connectivity index (χ4n) is 12.9. The Balaban J connectivity index is 0.000000215. The number of nitrogens with one attached hydrogen (secondary N) is 3. The topological polar surface area (TPSA) is 289 Å². The maximum Gasteiger partial charge on any atom is 0.373 e. The van der Waals surface area contributed by atoms with Crippen LogP contribution in [0.2, 0.25) is 0 Å². The highest BCUT2D eigenvalue weighted by atomic mass is 79.9. The average molecular weight is 1670 g/mol. The molecule has 7 heterocycles. The van der Waals surface area contributed by atoms with E-state index >= 15 is 0 Å². The summed E-state index contributed by atoms with van der Waals surface area (Å²) in [6.45, 7) is 11.1. The van der Waals surface area contributed by atoms with Crippen LogP contribution in [0.15, 0.2) is 168 Å². The van der Waals surface area contributed by atoms with Crippen LogP contribution in [0.1, 0.15) is 163 Å². The summed E-state index contributed by atoms with van der Waals surface area (Å²) >= 11 is 8.26. The number of para-hydroxylation sites is 1. The molecule has 5 aromatic carbocycles. The second-order valence-corrected chi connectivity index (χ2v) is 36.5. The Hall–Kier alpha value is -6.51. The molecule has 0 aliphatic carbocycles. The first-order valence-corrected chi connectivity index (χ1v) is 43.9. The monoisotopic (exact) mass is 1670 g/mol. The molecule has 4 unspecified atom stereocenters. The van der Waals surface area contributed by atoms with Gasteiger partial charge in [-0.2, -0.15) is 19.2 Å². The summed E-state index contributed by atoms with van der Waals surface area (Å²) in [6, 6.07) is 38.9. The SMILES string of the molecule is CCCCCCCCNC1c2ccccc2S(=O)(=O)N(C)c2ccsc21.CCCCCC[NH2+]C1c2ccccc2N(C)S(=O)(=O)c2cc(C)ccc21.COCCCNC1c2ccccc2S(=O)(=O)N(C)c2c(Br)csc21.COCCCNC1c2ccccc2S(=O)(=O)N(C)c2ccsc21.O=C=O.O=C=O.[Cl-]. The molecule has 4 aliphatic heterocycles. The third-order valence-corrected chi connectivity index (χ3v) is 29.6. The maximum absolute atomic E-state index is 13.2. The van der Waals surface area contributed by atoms with Crippen molar-refractivity contribution in [3.8, 4) is 0 Å².